The number of H-pyrrole nitrogens is 1. The number of carbonyl (C=O) groups is 2. The number of carbonyl (C=O) groups excluding carboxylic acids is 1. The molecule has 3 aromatic rings. The molecule has 140 valence electrons. The first-order valence-corrected chi connectivity index (χ1v) is 8.93. The number of thioether (sulfide) groups is 1. The molecule has 3 N–H and O–H groups in total. The van der Waals surface area contributed by atoms with Gasteiger partial charge in [0.2, 0.25) is 5.91 Å². The predicted molar refractivity (Wildman–Crippen MR) is 102 cm³/mol. The number of ether oxygens (including phenoxy) is 2. The van der Waals surface area contributed by atoms with Gasteiger partial charge in [-0.05, 0) is 36.4 Å². The highest BCUT2D eigenvalue weighted by atomic mass is 32.2. The van der Waals surface area contributed by atoms with Gasteiger partial charge in [-0.25, -0.2) is 9.78 Å². The standard InChI is InChI=1S/C18H17N3O5S/c1-25-13-6-7-14-15(8-13)21-18(20-14)27-10-16(22)19-11-2-4-12(5-3-11)26-9-17(23)24/h2-8H,9-10H2,1H3,(H,19,22)(H,20,21)(H,23,24). The van der Waals surface area contributed by atoms with E-state index in [0.717, 1.165) is 16.8 Å². The number of aliphatic carboxylic acids is 1. The molecular weight excluding hydrogens is 370 g/mol. The third-order valence-corrected chi connectivity index (χ3v) is 4.38. The van der Waals surface area contributed by atoms with E-state index in [0.29, 0.717) is 16.6 Å². The molecule has 0 bridgehead atoms. The van der Waals surface area contributed by atoms with Crippen molar-refractivity contribution in [2.24, 2.45) is 0 Å². The van der Waals surface area contributed by atoms with Gasteiger partial charge in [0.15, 0.2) is 11.8 Å². The number of carboxylic acids is 1. The Kier molecular flexibility index (Phi) is 5.82. The van der Waals surface area contributed by atoms with Crippen molar-refractivity contribution in [2.45, 2.75) is 5.16 Å². The van der Waals surface area contributed by atoms with E-state index in [1.54, 1.807) is 31.4 Å². The zero-order valence-electron chi connectivity index (χ0n) is 14.4. The van der Waals surface area contributed by atoms with Gasteiger partial charge in [0.1, 0.15) is 11.5 Å². The Morgan fingerprint density at radius 3 is 2.63 bits per heavy atom. The van der Waals surface area contributed by atoms with Crippen molar-refractivity contribution in [2.75, 3.05) is 24.8 Å². The van der Waals surface area contributed by atoms with Gasteiger partial charge in [0.05, 0.1) is 23.9 Å². The van der Waals surface area contributed by atoms with E-state index in [-0.39, 0.29) is 11.7 Å². The third-order valence-electron chi connectivity index (χ3n) is 3.51. The lowest BCUT2D eigenvalue weighted by atomic mass is 10.3. The Morgan fingerprint density at radius 2 is 1.93 bits per heavy atom. The van der Waals surface area contributed by atoms with Crippen LogP contribution in [0.3, 0.4) is 0 Å². The van der Waals surface area contributed by atoms with Crippen LogP contribution in [0.1, 0.15) is 0 Å². The van der Waals surface area contributed by atoms with Gasteiger partial charge in [-0.1, -0.05) is 11.8 Å². The third kappa shape index (κ3) is 5.14. The monoisotopic (exact) mass is 387 g/mol. The minimum atomic E-state index is -1.05. The summed E-state index contributed by atoms with van der Waals surface area (Å²) in [7, 11) is 1.60. The topological polar surface area (TPSA) is 114 Å². The summed E-state index contributed by atoms with van der Waals surface area (Å²) in [6.45, 7) is -0.411. The number of hydrogen-bond donors (Lipinski definition) is 3. The maximum Gasteiger partial charge on any atom is 0.341 e. The summed E-state index contributed by atoms with van der Waals surface area (Å²) < 4.78 is 10.2. The zero-order chi connectivity index (χ0) is 19.2. The molecule has 0 radical (unpaired) electrons. The van der Waals surface area contributed by atoms with E-state index in [1.165, 1.54) is 11.8 Å². The number of aromatic nitrogens is 2. The van der Waals surface area contributed by atoms with Crippen LogP contribution in [-0.2, 0) is 9.59 Å². The van der Waals surface area contributed by atoms with E-state index in [4.69, 9.17) is 14.6 Å². The Morgan fingerprint density at radius 1 is 1.19 bits per heavy atom. The van der Waals surface area contributed by atoms with Gasteiger partial charge in [-0.3, -0.25) is 4.79 Å². The zero-order valence-corrected chi connectivity index (χ0v) is 15.2. The summed E-state index contributed by atoms with van der Waals surface area (Å²) in [5.74, 6) is 0.109. The number of rotatable bonds is 8. The molecule has 27 heavy (non-hydrogen) atoms. The highest BCUT2D eigenvalue weighted by Gasteiger charge is 2.09. The van der Waals surface area contributed by atoms with Crippen LogP contribution in [0.4, 0.5) is 5.69 Å². The summed E-state index contributed by atoms with van der Waals surface area (Å²) in [6.07, 6.45) is 0. The Labute approximate surface area is 158 Å². The molecule has 0 aliphatic carbocycles. The average Bonchev–Trinajstić information content (AvgIpc) is 3.07. The molecule has 9 heteroatoms. The molecule has 0 saturated carbocycles. The quantitative estimate of drug-likeness (QED) is 0.509. The second-order valence-corrected chi connectivity index (χ2v) is 6.43. The molecule has 1 heterocycles. The van der Waals surface area contributed by atoms with Gasteiger partial charge in [-0.2, -0.15) is 0 Å². The maximum absolute atomic E-state index is 12.1. The minimum absolute atomic E-state index is 0.183. The van der Waals surface area contributed by atoms with E-state index in [2.05, 4.69) is 15.3 Å². The van der Waals surface area contributed by atoms with Crippen molar-refractivity contribution < 1.29 is 24.2 Å². The molecular formula is C18H17N3O5S. The fourth-order valence-electron chi connectivity index (χ4n) is 2.27. The summed E-state index contributed by atoms with van der Waals surface area (Å²) >= 11 is 1.29. The lowest BCUT2D eigenvalue weighted by Gasteiger charge is -2.06. The number of hydrogen-bond acceptors (Lipinski definition) is 6. The lowest BCUT2D eigenvalue weighted by molar-refractivity contribution is -0.139. The molecule has 2 aromatic carbocycles. The number of imidazole rings is 1. The van der Waals surface area contributed by atoms with Gasteiger partial charge in [0.25, 0.3) is 0 Å². The molecule has 0 aliphatic heterocycles. The van der Waals surface area contributed by atoms with Crippen molar-refractivity contribution in [3.8, 4) is 11.5 Å². The Balaban J connectivity index is 1.52. The van der Waals surface area contributed by atoms with E-state index >= 15 is 0 Å². The number of benzene rings is 2. The van der Waals surface area contributed by atoms with Crippen LogP contribution in [0, 0.1) is 0 Å². The Bertz CT molecular complexity index is 955. The number of carboxylic acid groups (broad SMARTS) is 1. The molecule has 0 fully saturated rings. The summed E-state index contributed by atoms with van der Waals surface area (Å²) in [5.41, 5.74) is 2.24. The lowest BCUT2D eigenvalue weighted by Crippen LogP contribution is -2.14. The highest BCUT2D eigenvalue weighted by molar-refractivity contribution is 7.99. The van der Waals surface area contributed by atoms with Crippen LogP contribution in [0.15, 0.2) is 47.6 Å². The summed E-state index contributed by atoms with van der Waals surface area (Å²) in [6, 6.07) is 12.0. The molecule has 0 saturated heterocycles. The predicted octanol–water partition coefficient (Wildman–Crippen LogP) is 2.77. The van der Waals surface area contributed by atoms with E-state index in [9.17, 15) is 9.59 Å². The fourth-order valence-corrected chi connectivity index (χ4v) is 2.96. The SMILES string of the molecule is COc1ccc2nc(SCC(=O)Nc3ccc(OCC(=O)O)cc3)[nH]c2c1. The first-order chi connectivity index (χ1) is 13.0. The number of methoxy groups -OCH3 is 1. The molecule has 0 atom stereocenters. The smallest absolute Gasteiger partial charge is 0.341 e. The van der Waals surface area contributed by atoms with Crippen LogP contribution >= 0.6 is 11.8 Å². The van der Waals surface area contributed by atoms with Gasteiger partial charge < -0.3 is 24.9 Å². The van der Waals surface area contributed by atoms with Crippen molar-refractivity contribution in [3.63, 3.8) is 0 Å². The second-order valence-electron chi connectivity index (χ2n) is 5.47. The Hall–Kier alpha value is -3.20. The summed E-state index contributed by atoms with van der Waals surface area (Å²) in [4.78, 5) is 30.1. The summed E-state index contributed by atoms with van der Waals surface area (Å²) in [5, 5.41) is 12.0. The highest BCUT2D eigenvalue weighted by Crippen LogP contribution is 2.23. The van der Waals surface area contributed by atoms with Gasteiger partial charge in [-0.15, -0.1) is 0 Å². The number of fused-ring (bicyclic) bond motifs is 1. The molecule has 3 rings (SSSR count). The maximum atomic E-state index is 12.1. The number of nitrogens with zero attached hydrogens (tertiary/aromatic N) is 1. The van der Waals surface area contributed by atoms with Crippen LogP contribution in [0.2, 0.25) is 0 Å². The van der Waals surface area contributed by atoms with Gasteiger partial charge >= 0.3 is 5.97 Å². The molecule has 0 aliphatic rings. The number of aromatic amines is 1. The molecule has 1 aromatic heterocycles. The number of anilines is 1. The van der Waals surface area contributed by atoms with Crippen LogP contribution in [0.5, 0.6) is 11.5 Å². The molecule has 0 unspecified atom stereocenters. The fraction of sp³-hybridized carbons (Fsp3) is 0.167. The van der Waals surface area contributed by atoms with Crippen LogP contribution < -0.4 is 14.8 Å². The second kappa shape index (κ2) is 8.45. The largest absolute Gasteiger partial charge is 0.497 e. The van der Waals surface area contributed by atoms with Crippen molar-refractivity contribution in [1.29, 1.82) is 0 Å². The average molecular weight is 387 g/mol. The first kappa shape index (κ1) is 18.6. The minimum Gasteiger partial charge on any atom is -0.497 e. The van der Waals surface area contributed by atoms with Gasteiger partial charge in [0, 0.05) is 11.8 Å². The van der Waals surface area contributed by atoms with Crippen molar-refractivity contribution >= 4 is 40.4 Å². The number of nitrogens with one attached hydrogen (secondary N) is 2. The van der Waals surface area contributed by atoms with E-state index < -0.39 is 12.6 Å². The molecule has 8 nitrogen and oxygen atoms in total. The normalized spacial score (nSPS) is 10.6. The number of amides is 1. The van der Waals surface area contributed by atoms with E-state index in [1.807, 2.05) is 18.2 Å². The molecule has 0 spiro atoms. The first-order valence-electron chi connectivity index (χ1n) is 7.94. The van der Waals surface area contributed by atoms with Crippen LogP contribution in [-0.4, -0.2) is 46.4 Å². The van der Waals surface area contributed by atoms with Crippen molar-refractivity contribution in [3.05, 3.63) is 42.5 Å². The van der Waals surface area contributed by atoms with Crippen LogP contribution in [0.25, 0.3) is 11.0 Å². The van der Waals surface area contributed by atoms with Crippen molar-refractivity contribution in [1.82, 2.24) is 9.97 Å². The molecule has 1 amide bonds.